The molecular formula is C16H20N2O2. The van der Waals surface area contributed by atoms with Crippen molar-refractivity contribution in [3.05, 3.63) is 35.4 Å². The molecule has 0 aromatic heterocycles. The summed E-state index contributed by atoms with van der Waals surface area (Å²) in [5.74, 6) is 0.206. The number of rotatable bonds is 3. The Morgan fingerprint density at radius 1 is 1.40 bits per heavy atom. The molecule has 0 heterocycles. The van der Waals surface area contributed by atoms with Crippen LogP contribution < -0.4 is 5.73 Å². The monoisotopic (exact) mass is 272 g/mol. The second-order valence-corrected chi connectivity index (χ2v) is 5.39. The lowest BCUT2D eigenvalue weighted by Crippen LogP contribution is -2.38. The molecule has 0 saturated heterocycles. The molecule has 1 aliphatic rings. The molecule has 0 amide bonds. The Hall–Kier alpha value is -1.86. The fourth-order valence-electron chi connectivity index (χ4n) is 3.15. The summed E-state index contributed by atoms with van der Waals surface area (Å²) in [6.45, 7) is 0. The van der Waals surface area contributed by atoms with Crippen molar-refractivity contribution in [2.24, 2.45) is 11.7 Å². The molecule has 2 N–H and O–H groups in total. The number of hydrogen-bond donors (Lipinski definition) is 1. The molecule has 1 saturated carbocycles. The van der Waals surface area contributed by atoms with E-state index in [1.807, 2.05) is 24.3 Å². The van der Waals surface area contributed by atoms with Crippen molar-refractivity contribution in [3.63, 3.8) is 0 Å². The third-order valence-electron chi connectivity index (χ3n) is 4.16. The van der Waals surface area contributed by atoms with Crippen LogP contribution in [0.1, 0.15) is 42.7 Å². The Balaban J connectivity index is 2.22. The summed E-state index contributed by atoms with van der Waals surface area (Å²) in [5.41, 5.74) is 8.03. The lowest BCUT2D eigenvalue weighted by atomic mass is 9.71. The van der Waals surface area contributed by atoms with E-state index in [0.717, 1.165) is 24.8 Å². The van der Waals surface area contributed by atoms with Crippen molar-refractivity contribution in [2.45, 2.75) is 37.6 Å². The summed E-state index contributed by atoms with van der Waals surface area (Å²) in [4.78, 5) is 11.6. The highest BCUT2D eigenvalue weighted by molar-refractivity contribution is 5.69. The SMILES string of the molecule is COC(=O)CC1CCCC(N)C1c1ccc(C#N)cc1. The number of carbonyl (C=O) groups excluding carboxylic acids is 1. The van der Waals surface area contributed by atoms with E-state index in [2.05, 4.69) is 6.07 Å². The van der Waals surface area contributed by atoms with Gasteiger partial charge in [-0.15, -0.1) is 0 Å². The van der Waals surface area contributed by atoms with Gasteiger partial charge in [-0.25, -0.2) is 0 Å². The van der Waals surface area contributed by atoms with Crippen LogP contribution in [0.3, 0.4) is 0 Å². The van der Waals surface area contributed by atoms with Gasteiger partial charge >= 0.3 is 5.97 Å². The molecular weight excluding hydrogens is 252 g/mol. The third kappa shape index (κ3) is 3.17. The Bertz CT molecular complexity index is 504. The molecule has 1 fully saturated rings. The van der Waals surface area contributed by atoms with Crippen LogP contribution in [0.5, 0.6) is 0 Å². The van der Waals surface area contributed by atoms with E-state index in [-0.39, 0.29) is 23.8 Å². The number of nitrogens with zero attached hydrogens (tertiary/aromatic N) is 1. The lowest BCUT2D eigenvalue weighted by molar-refractivity contribution is -0.142. The smallest absolute Gasteiger partial charge is 0.305 e. The largest absolute Gasteiger partial charge is 0.469 e. The molecule has 106 valence electrons. The Labute approximate surface area is 119 Å². The van der Waals surface area contributed by atoms with Crippen molar-refractivity contribution >= 4 is 5.97 Å². The molecule has 4 heteroatoms. The Kier molecular flexibility index (Phi) is 4.75. The number of methoxy groups -OCH3 is 1. The zero-order valence-electron chi connectivity index (χ0n) is 11.7. The van der Waals surface area contributed by atoms with Crippen molar-refractivity contribution in [3.8, 4) is 6.07 Å². The minimum absolute atomic E-state index is 0.0614. The van der Waals surface area contributed by atoms with Gasteiger partial charge in [-0.1, -0.05) is 18.6 Å². The summed E-state index contributed by atoms with van der Waals surface area (Å²) < 4.78 is 4.79. The number of nitriles is 1. The number of ether oxygens (including phenoxy) is 1. The standard InChI is InChI=1S/C16H20N2O2/c1-20-15(19)9-13-3-2-4-14(18)16(13)12-7-5-11(10-17)6-8-12/h5-8,13-14,16H,2-4,9,18H2,1H3. The molecule has 1 aromatic rings. The van der Waals surface area contributed by atoms with Gasteiger partial charge in [-0.2, -0.15) is 5.26 Å². The summed E-state index contributed by atoms with van der Waals surface area (Å²) in [6, 6.07) is 9.71. The number of esters is 1. The average molecular weight is 272 g/mol. The zero-order valence-corrected chi connectivity index (χ0v) is 11.7. The van der Waals surface area contributed by atoms with Crippen molar-refractivity contribution in [1.29, 1.82) is 5.26 Å². The van der Waals surface area contributed by atoms with Crippen molar-refractivity contribution in [1.82, 2.24) is 0 Å². The predicted octanol–water partition coefficient (Wildman–Crippen LogP) is 2.33. The highest BCUT2D eigenvalue weighted by Crippen LogP contribution is 2.39. The first-order valence-electron chi connectivity index (χ1n) is 6.98. The molecule has 20 heavy (non-hydrogen) atoms. The van der Waals surface area contributed by atoms with Gasteiger partial charge in [0.1, 0.15) is 0 Å². The van der Waals surface area contributed by atoms with Gasteiger partial charge < -0.3 is 10.5 Å². The van der Waals surface area contributed by atoms with Gasteiger partial charge in [-0.3, -0.25) is 4.79 Å². The lowest BCUT2D eigenvalue weighted by Gasteiger charge is -2.36. The maximum absolute atomic E-state index is 11.6. The van der Waals surface area contributed by atoms with Gasteiger partial charge in [0.15, 0.2) is 0 Å². The van der Waals surface area contributed by atoms with Crippen molar-refractivity contribution < 1.29 is 9.53 Å². The highest BCUT2D eigenvalue weighted by Gasteiger charge is 2.33. The van der Waals surface area contributed by atoms with Gasteiger partial charge in [0.2, 0.25) is 0 Å². The molecule has 0 radical (unpaired) electrons. The second-order valence-electron chi connectivity index (χ2n) is 5.39. The van der Waals surface area contributed by atoms with E-state index >= 15 is 0 Å². The van der Waals surface area contributed by atoms with E-state index in [4.69, 9.17) is 15.7 Å². The quantitative estimate of drug-likeness (QED) is 0.857. The van der Waals surface area contributed by atoms with Crippen LogP contribution in [0.2, 0.25) is 0 Å². The second kappa shape index (κ2) is 6.53. The fourth-order valence-corrected chi connectivity index (χ4v) is 3.15. The van der Waals surface area contributed by atoms with Crippen LogP contribution in [0.4, 0.5) is 0 Å². The summed E-state index contributed by atoms with van der Waals surface area (Å²) in [5, 5.41) is 8.86. The zero-order chi connectivity index (χ0) is 14.5. The molecule has 3 unspecified atom stereocenters. The third-order valence-corrected chi connectivity index (χ3v) is 4.16. The Morgan fingerprint density at radius 3 is 2.70 bits per heavy atom. The maximum atomic E-state index is 11.6. The molecule has 4 nitrogen and oxygen atoms in total. The molecule has 1 aliphatic carbocycles. The van der Waals surface area contributed by atoms with E-state index in [1.54, 1.807) is 0 Å². The molecule has 0 spiro atoms. The normalized spacial score (nSPS) is 25.8. The first-order valence-corrected chi connectivity index (χ1v) is 6.98. The van der Waals surface area contributed by atoms with Gasteiger partial charge in [0.25, 0.3) is 0 Å². The molecule has 0 aliphatic heterocycles. The summed E-state index contributed by atoms with van der Waals surface area (Å²) in [7, 11) is 1.42. The first-order chi connectivity index (χ1) is 9.65. The number of hydrogen-bond acceptors (Lipinski definition) is 4. The maximum Gasteiger partial charge on any atom is 0.305 e. The topological polar surface area (TPSA) is 76.1 Å². The first kappa shape index (κ1) is 14.5. The van der Waals surface area contributed by atoms with E-state index in [9.17, 15) is 4.79 Å². The molecule has 0 bridgehead atoms. The molecule has 2 rings (SSSR count). The van der Waals surface area contributed by atoms with E-state index in [1.165, 1.54) is 7.11 Å². The van der Waals surface area contributed by atoms with Gasteiger partial charge in [0, 0.05) is 18.4 Å². The van der Waals surface area contributed by atoms with Crippen LogP contribution in [0.15, 0.2) is 24.3 Å². The van der Waals surface area contributed by atoms with E-state index < -0.39 is 0 Å². The highest BCUT2D eigenvalue weighted by atomic mass is 16.5. The molecule has 1 aromatic carbocycles. The number of nitrogens with two attached hydrogens (primary N) is 1. The Morgan fingerprint density at radius 2 is 2.10 bits per heavy atom. The van der Waals surface area contributed by atoms with Crippen LogP contribution in [0, 0.1) is 17.2 Å². The van der Waals surface area contributed by atoms with Gasteiger partial charge in [0.05, 0.1) is 18.7 Å². The van der Waals surface area contributed by atoms with Crippen LogP contribution in [0.25, 0.3) is 0 Å². The van der Waals surface area contributed by atoms with Crippen molar-refractivity contribution in [2.75, 3.05) is 7.11 Å². The van der Waals surface area contributed by atoms with Crippen LogP contribution >= 0.6 is 0 Å². The van der Waals surface area contributed by atoms with Gasteiger partial charge in [-0.05, 0) is 36.5 Å². The molecule has 3 atom stereocenters. The number of benzene rings is 1. The fraction of sp³-hybridized carbons (Fsp3) is 0.500. The van der Waals surface area contributed by atoms with Crippen LogP contribution in [-0.2, 0) is 9.53 Å². The van der Waals surface area contributed by atoms with E-state index in [0.29, 0.717) is 12.0 Å². The average Bonchev–Trinajstić information content (AvgIpc) is 2.47. The summed E-state index contributed by atoms with van der Waals surface area (Å²) in [6.07, 6.45) is 3.43. The summed E-state index contributed by atoms with van der Waals surface area (Å²) >= 11 is 0. The van der Waals surface area contributed by atoms with Crippen LogP contribution in [-0.4, -0.2) is 19.1 Å². The number of carbonyl (C=O) groups is 1. The minimum atomic E-state index is -0.178. The predicted molar refractivity (Wildman–Crippen MR) is 75.8 cm³/mol. The minimum Gasteiger partial charge on any atom is -0.469 e.